The molecule has 1 aromatic carbocycles. The number of alkyl halides is 1. The average Bonchev–Trinajstić information content (AvgIpc) is 2.37. The molecule has 0 bridgehead atoms. The lowest BCUT2D eigenvalue weighted by Gasteiger charge is -2.23. The third-order valence-electron chi connectivity index (χ3n) is 3.03. The molecule has 2 rings (SSSR count). The number of aromatic nitrogens is 1. The molecular formula is C13H15FN2. The topological polar surface area (TPSA) is 38.9 Å². The van der Waals surface area contributed by atoms with Gasteiger partial charge in [-0.25, -0.2) is 4.39 Å². The summed E-state index contributed by atoms with van der Waals surface area (Å²) in [6.45, 7) is 1.79. The van der Waals surface area contributed by atoms with Crippen molar-refractivity contribution < 1.29 is 4.39 Å². The number of nitrogens with two attached hydrogens (primary N) is 1. The second-order valence-corrected chi connectivity index (χ2v) is 3.93. The van der Waals surface area contributed by atoms with Crippen molar-refractivity contribution in [2.45, 2.75) is 19.0 Å². The van der Waals surface area contributed by atoms with Gasteiger partial charge in [0.05, 0.1) is 0 Å². The van der Waals surface area contributed by atoms with Crippen molar-refractivity contribution >= 4 is 10.8 Å². The van der Waals surface area contributed by atoms with E-state index in [9.17, 15) is 4.39 Å². The van der Waals surface area contributed by atoms with Crippen LogP contribution in [-0.2, 0) is 5.67 Å². The first-order chi connectivity index (χ1) is 7.71. The fourth-order valence-corrected chi connectivity index (χ4v) is 1.92. The van der Waals surface area contributed by atoms with Gasteiger partial charge in [0.2, 0.25) is 0 Å². The number of hydrogen-bond acceptors (Lipinski definition) is 2. The highest BCUT2D eigenvalue weighted by molar-refractivity contribution is 5.85. The second-order valence-electron chi connectivity index (χ2n) is 3.93. The van der Waals surface area contributed by atoms with E-state index in [1.165, 1.54) is 0 Å². The van der Waals surface area contributed by atoms with E-state index >= 15 is 0 Å². The SMILES string of the molecule is CCC(F)(CN)c1cncc2ccccc12. The molecule has 0 aliphatic rings. The van der Waals surface area contributed by atoms with Gasteiger partial charge >= 0.3 is 0 Å². The minimum absolute atomic E-state index is 0.0147. The summed E-state index contributed by atoms with van der Waals surface area (Å²) in [4.78, 5) is 4.08. The van der Waals surface area contributed by atoms with E-state index in [1.807, 2.05) is 24.3 Å². The number of fused-ring (bicyclic) bond motifs is 1. The van der Waals surface area contributed by atoms with Gasteiger partial charge in [-0.05, 0) is 11.8 Å². The quantitative estimate of drug-likeness (QED) is 0.860. The number of benzene rings is 1. The summed E-state index contributed by atoms with van der Waals surface area (Å²) in [5.41, 5.74) is 4.65. The average molecular weight is 218 g/mol. The van der Waals surface area contributed by atoms with Crippen molar-refractivity contribution in [3.8, 4) is 0 Å². The lowest BCUT2D eigenvalue weighted by molar-refractivity contribution is 0.170. The summed E-state index contributed by atoms with van der Waals surface area (Å²) in [5, 5.41) is 1.84. The highest BCUT2D eigenvalue weighted by Crippen LogP contribution is 2.33. The van der Waals surface area contributed by atoms with Crippen molar-refractivity contribution in [2.24, 2.45) is 5.73 Å². The highest BCUT2D eigenvalue weighted by atomic mass is 19.1. The molecular weight excluding hydrogens is 203 g/mol. The van der Waals surface area contributed by atoms with Crippen molar-refractivity contribution in [1.29, 1.82) is 0 Å². The standard InChI is InChI=1S/C13H15FN2/c1-2-13(14,9-15)12-8-16-7-10-5-3-4-6-11(10)12/h3-8H,2,9,15H2,1H3. The van der Waals surface area contributed by atoms with Gasteiger partial charge in [-0.3, -0.25) is 4.98 Å². The smallest absolute Gasteiger partial charge is 0.149 e. The third-order valence-corrected chi connectivity index (χ3v) is 3.03. The van der Waals surface area contributed by atoms with Gasteiger partial charge in [0, 0.05) is 29.9 Å². The Morgan fingerprint density at radius 2 is 2.06 bits per heavy atom. The maximum absolute atomic E-state index is 14.5. The molecule has 16 heavy (non-hydrogen) atoms. The predicted octanol–water partition coefficient (Wildman–Crippen LogP) is 2.77. The molecule has 0 radical (unpaired) electrons. The van der Waals surface area contributed by atoms with E-state index in [1.54, 1.807) is 19.3 Å². The molecule has 0 saturated carbocycles. The van der Waals surface area contributed by atoms with Crippen LogP contribution in [0.4, 0.5) is 4.39 Å². The van der Waals surface area contributed by atoms with Gasteiger partial charge < -0.3 is 5.73 Å². The van der Waals surface area contributed by atoms with E-state index < -0.39 is 5.67 Å². The molecule has 3 heteroatoms. The first-order valence-electron chi connectivity index (χ1n) is 5.43. The summed E-state index contributed by atoms with van der Waals surface area (Å²) in [7, 11) is 0. The van der Waals surface area contributed by atoms with Crippen LogP contribution in [0.3, 0.4) is 0 Å². The van der Waals surface area contributed by atoms with Gasteiger partial charge in [-0.15, -0.1) is 0 Å². The van der Waals surface area contributed by atoms with Crippen LogP contribution in [0, 0.1) is 0 Å². The van der Waals surface area contributed by atoms with Crippen LogP contribution in [0.15, 0.2) is 36.7 Å². The molecule has 1 aromatic heterocycles. The summed E-state index contributed by atoms with van der Waals surface area (Å²) >= 11 is 0. The molecule has 0 spiro atoms. The fourth-order valence-electron chi connectivity index (χ4n) is 1.92. The zero-order chi connectivity index (χ0) is 11.6. The monoisotopic (exact) mass is 218 g/mol. The van der Waals surface area contributed by atoms with Crippen LogP contribution >= 0.6 is 0 Å². The minimum Gasteiger partial charge on any atom is -0.327 e. The van der Waals surface area contributed by atoms with Gasteiger partial charge in [-0.1, -0.05) is 31.2 Å². The van der Waals surface area contributed by atoms with Crippen LogP contribution in [0.1, 0.15) is 18.9 Å². The Morgan fingerprint density at radius 3 is 2.75 bits per heavy atom. The van der Waals surface area contributed by atoms with Crippen LogP contribution in [-0.4, -0.2) is 11.5 Å². The molecule has 2 N–H and O–H groups in total. The molecule has 1 heterocycles. The van der Waals surface area contributed by atoms with Crippen molar-refractivity contribution in [3.63, 3.8) is 0 Å². The maximum atomic E-state index is 14.5. The fraction of sp³-hybridized carbons (Fsp3) is 0.308. The molecule has 1 atom stereocenters. The lowest BCUT2D eigenvalue weighted by Crippen LogP contribution is -2.29. The Bertz CT molecular complexity index is 487. The van der Waals surface area contributed by atoms with Crippen molar-refractivity contribution in [3.05, 3.63) is 42.2 Å². The second kappa shape index (κ2) is 4.18. The molecule has 2 nitrogen and oxygen atoms in total. The Kier molecular flexibility index (Phi) is 2.88. The summed E-state index contributed by atoms with van der Waals surface area (Å²) in [6, 6.07) is 7.66. The molecule has 1 unspecified atom stereocenters. The third kappa shape index (κ3) is 1.67. The zero-order valence-corrected chi connectivity index (χ0v) is 9.28. The van der Waals surface area contributed by atoms with Gasteiger partial charge in [0.25, 0.3) is 0 Å². The van der Waals surface area contributed by atoms with Crippen molar-refractivity contribution in [2.75, 3.05) is 6.54 Å². The van der Waals surface area contributed by atoms with Gasteiger partial charge in [0.1, 0.15) is 5.67 Å². The van der Waals surface area contributed by atoms with Crippen LogP contribution in [0.5, 0.6) is 0 Å². The summed E-state index contributed by atoms with van der Waals surface area (Å²) < 4.78 is 14.5. The molecule has 0 saturated heterocycles. The predicted molar refractivity (Wildman–Crippen MR) is 63.9 cm³/mol. The number of pyridine rings is 1. The number of hydrogen-bond donors (Lipinski definition) is 1. The first-order valence-corrected chi connectivity index (χ1v) is 5.43. The highest BCUT2D eigenvalue weighted by Gasteiger charge is 2.30. The van der Waals surface area contributed by atoms with Gasteiger partial charge in [0.15, 0.2) is 0 Å². The molecule has 84 valence electrons. The minimum atomic E-state index is -1.48. The Morgan fingerprint density at radius 1 is 1.31 bits per heavy atom. The Balaban J connectivity index is 2.69. The van der Waals surface area contributed by atoms with E-state index in [2.05, 4.69) is 4.98 Å². The largest absolute Gasteiger partial charge is 0.327 e. The number of rotatable bonds is 3. The number of halogens is 1. The Hall–Kier alpha value is -1.48. The number of nitrogens with zero attached hydrogens (tertiary/aromatic N) is 1. The van der Waals surface area contributed by atoms with Crippen LogP contribution < -0.4 is 5.73 Å². The lowest BCUT2D eigenvalue weighted by atomic mass is 9.91. The van der Waals surface area contributed by atoms with Crippen molar-refractivity contribution in [1.82, 2.24) is 4.98 Å². The molecule has 0 aliphatic heterocycles. The normalized spacial score (nSPS) is 14.9. The summed E-state index contributed by atoms with van der Waals surface area (Å²) in [5.74, 6) is 0. The van der Waals surface area contributed by atoms with Gasteiger partial charge in [-0.2, -0.15) is 0 Å². The Labute approximate surface area is 94.3 Å². The molecule has 2 aromatic rings. The van der Waals surface area contributed by atoms with E-state index in [0.29, 0.717) is 12.0 Å². The zero-order valence-electron chi connectivity index (χ0n) is 9.28. The summed E-state index contributed by atoms with van der Waals surface area (Å²) in [6.07, 6.45) is 3.68. The van der Waals surface area contributed by atoms with Crippen LogP contribution in [0.25, 0.3) is 10.8 Å². The van der Waals surface area contributed by atoms with E-state index in [4.69, 9.17) is 5.73 Å². The molecule has 0 fully saturated rings. The maximum Gasteiger partial charge on any atom is 0.149 e. The van der Waals surface area contributed by atoms with E-state index in [0.717, 1.165) is 10.8 Å². The molecule has 0 aliphatic carbocycles. The molecule has 0 amide bonds. The first kappa shape index (κ1) is 11.0. The van der Waals surface area contributed by atoms with E-state index in [-0.39, 0.29) is 6.54 Å². The van der Waals surface area contributed by atoms with Crippen LogP contribution in [0.2, 0.25) is 0 Å².